The molecule has 0 unspecified atom stereocenters. The molecule has 5 heteroatoms. The average molecular weight is 341 g/mol. The van der Waals surface area contributed by atoms with Gasteiger partial charge in [0.1, 0.15) is 9.21 Å². The number of nitriles is 1. The van der Waals surface area contributed by atoms with E-state index < -0.39 is 0 Å². The molecule has 0 atom stereocenters. The van der Waals surface area contributed by atoms with Gasteiger partial charge in [-0.25, -0.2) is 0 Å². The third-order valence-corrected chi connectivity index (χ3v) is 3.14. The van der Waals surface area contributed by atoms with Gasteiger partial charge in [-0.3, -0.25) is 4.68 Å². The molecule has 80 valence electrons. The Hall–Kier alpha value is -1.12. The fraction of sp³-hybridized carbons (Fsp3) is 0.0909. The van der Waals surface area contributed by atoms with Gasteiger partial charge in [-0.2, -0.15) is 10.4 Å². The van der Waals surface area contributed by atoms with Gasteiger partial charge in [0, 0.05) is 6.07 Å². The van der Waals surface area contributed by atoms with Gasteiger partial charge >= 0.3 is 0 Å². The Labute approximate surface area is 110 Å². The van der Waals surface area contributed by atoms with Gasteiger partial charge in [0.2, 0.25) is 0 Å². The lowest BCUT2D eigenvalue weighted by atomic mass is 10.1. The molecule has 0 N–H and O–H groups in total. The molecule has 1 heterocycles. The van der Waals surface area contributed by atoms with Crippen LogP contribution in [0.15, 0.2) is 39.5 Å². The summed E-state index contributed by atoms with van der Waals surface area (Å²) in [5.41, 5.74) is 1.78. The second-order valence-corrected chi connectivity index (χ2v) is 4.88. The van der Waals surface area contributed by atoms with Crippen LogP contribution in [-0.4, -0.2) is 9.78 Å². The van der Waals surface area contributed by atoms with Crippen molar-refractivity contribution in [3.8, 4) is 6.07 Å². The molecule has 0 saturated heterocycles. The van der Waals surface area contributed by atoms with E-state index in [2.05, 4.69) is 43.0 Å². The predicted molar refractivity (Wildman–Crippen MR) is 67.9 cm³/mol. The third kappa shape index (κ3) is 2.52. The van der Waals surface area contributed by atoms with Crippen LogP contribution in [0.3, 0.4) is 0 Å². The van der Waals surface area contributed by atoms with Crippen LogP contribution < -0.4 is 0 Å². The maximum atomic E-state index is 8.68. The lowest BCUT2D eigenvalue weighted by Gasteiger charge is -2.03. The van der Waals surface area contributed by atoms with E-state index in [1.807, 2.05) is 35.0 Å². The first-order valence-corrected chi connectivity index (χ1v) is 6.15. The van der Waals surface area contributed by atoms with Crippen LogP contribution in [-0.2, 0) is 6.54 Å². The maximum Gasteiger partial charge on any atom is 0.129 e. The molecule has 1 aromatic heterocycles. The summed E-state index contributed by atoms with van der Waals surface area (Å²) < 4.78 is 3.56. The molecule has 0 radical (unpaired) electrons. The summed E-state index contributed by atoms with van der Waals surface area (Å²) in [4.78, 5) is 0. The molecule has 1 aromatic carbocycles. The monoisotopic (exact) mass is 339 g/mol. The molecule has 0 fully saturated rings. The van der Waals surface area contributed by atoms with Crippen LogP contribution in [0.1, 0.15) is 11.1 Å². The minimum Gasteiger partial charge on any atom is -0.253 e. The second-order valence-electron chi connectivity index (χ2n) is 3.26. The van der Waals surface area contributed by atoms with Crippen molar-refractivity contribution in [3.05, 3.63) is 50.7 Å². The van der Waals surface area contributed by atoms with Crippen molar-refractivity contribution >= 4 is 31.9 Å². The SMILES string of the molecule is N#Cc1ccc(Cn2nc(Br)cc2Br)cc1. The molecular formula is C11H7Br2N3. The molecule has 0 spiro atoms. The van der Waals surface area contributed by atoms with E-state index >= 15 is 0 Å². The molecule has 0 bridgehead atoms. The number of rotatable bonds is 2. The zero-order valence-electron chi connectivity index (χ0n) is 8.19. The van der Waals surface area contributed by atoms with E-state index in [1.54, 1.807) is 0 Å². The van der Waals surface area contributed by atoms with E-state index in [4.69, 9.17) is 5.26 Å². The van der Waals surface area contributed by atoms with Crippen LogP contribution in [0.25, 0.3) is 0 Å². The molecule has 0 aliphatic carbocycles. The van der Waals surface area contributed by atoms with Gasteiger partial charge in [0.15, 0.2) is 0 Å². The van der Waals surface area contributed by atoms with Crippen molar-refractivity contribution in [2.45, 2.75) is 6.54 Å². The van der Waals surface area contributed by atoms with Gasteiger partial charge in [-0.15, -0.1) is 0 Å². The summed E-state index contributed by atoms with van der Waals surface area (Å²) in [5.74, 6) is 0. The van der Waals surface area contributed by atoms with Crippen LogP contribution in [0.4, 0.5) is 0 Å². The molecule has 3 nitrogen and oxygen atoms in total. The van der Waals surface area contributed by atoms with Gasteiger partial charge < -0.3 is 0 Å². The smallest absolute Gasteiger partial charge is 0.129 e. The lowest BCUT2D eigenvalue weighted by Crippen LogP contribution is -2.01. The summed E-state index contributed by atoms with van der Waals surface area (Å²) in [6.07, 6.45) is 0. The zero-order chi connectivity index (χ0) is 11.5. The number of hydrogen-bond donors (Lipinski definition) is 0. The van der Waals surface area contributed by atoms with Gasteiger partial charge in [0.05, 0.1) is 18.2 Å². The highest BCUT2D eigenvalue weighted by Gasteiger charge is 2.03. The Bertz CT molecular complexity index is 537. The average Bonchev–Trinajstić information content (AvgIpc) is 2.59. The normalized spacial score (nSPS) is 10.1. The van der Waals surface area contributed by atoms with Crippen LogP contribution in [0, 0.1) is 11.3 Å². The van der Waals surface area contributed by atoms with Crippen LogP contribution in [0.5, 0.6) is 0 Å². The predicted octanol–water partition coefficient (Wildman–Crippen LogP) is 3.33. The molecule has 0 aliphatic rings. The van der Waals surface area contributed by atoms with Crippen molar-refractivity contribution in [3.63, 3.8) is 0 Å². The first kappa shape index (κ1) is 11.4. The highest BCUT2D eigenvalue weighted by molar-refractivity contribution is 9.11. The number of aromatic nitrogens is 2. The number of nitrogens with zero attached hydrogens (tertiary/aromatic N) is 3. The molecule has 0 amide bonds. The Balaban J connectivity index is 2.21. The van der Waals surface area contributed by atoms with Crippen molar-refractivity contribution in [2.24, 2.45) is 0 Å². The van der Waals surface area contributed by atoms with E-state index in [0.717, 1.165) is 14.8 Å². The Kier molecular flexibility index (Phi) is 3.42. The Morgan fingerprint density at radius 1 is 1.25 bits per heavy atom. The molecule has 0 aliphatic heterocycles. The highest BCUT2D eigenvalue weighted by Crippen LogP contribution is 2.17. The topological polar surface area (TPSA) is 41.6 Å². The fourth-order valence-electron chi connectivity index (χ4n) is 1.33. The molecule has 2 aromatic rings. The summed E-state index contributed by atoms with van der Waals surface area (Å²) in [5, 5.41) is 13.0. The number of hydrogen-bond acceptors (Lipinski definition) is 2. The first-order valence-electron chi connectivity index (χ1n) is 4.57. The molecule has 16 heavy (non-hydrogen) atoms. The Morgan fingerprint density at radius 2 is 1.94 bits per heavy atom. The van der Waals surface area contributed by atoms with E-state index in [9.17, 15) is 0 Å². The first-order chi connectivity index (χ1) is 7.69. The van der Waals surface area contributed by atoms with Gasteiger partial charge in [0.25, 0.3) is 0 Å². The molecule has 0 saturated carbocycles. The van der Waals surface area contributed by atoms with Crippen LogP contribution >= 0.6 is 31.9 Å². The van der Waals surface area contributed by atoms with E-state index in [-0.39, 0.29) is 0 Å². The van der Waals surface area contributed by atoms with E-state index in [1.165, 1.54) is 0 Å². The van der Waals surface area contributed by atoms with Crippen molar-refractivity contribution in [2.75, 3.05) is 0 Å². The highest BCUT2D eigenvalue weighted by atomic mass is 79.9. The summed E-state index contributed by atoms with van der Waals surface area (Å²) >= 11 is 6.73. The van der Waals surface area contributed by atoms with Crippen molar-refractivity contribution < 1.29 is 0 Å². The largest absolute Gasteiger partial charge is 0.253 e. The van der Waals surface area contributed by atoms with E-state index in [0.29, 0.717) is 12.1 Å². The number of halogens is 2. The quantitative estimate of drug-likeness (QED) is 0.841. The summed E-state index contributed by atoms with van der Waals surface area (Å²) in [6.45, 7) is 0.678. The van der Waals surface area contributed by atoms with Crippen molar-refractivity contribution in [1.82, 2.24) is 9.78 Å². The minimum atomic E-state index is 0.671. The van der Waals surface area contributed by atoms with Crippen LogP contribution in [0.2, 0.25) is 0 Å². The Morgan fingerprint density at radius 3 is 2.44 bits per heavy atom. The third-order valence-electron chi connectivity index (χ3n) is 2.12. The molecular weight excluding hydrogens is 334 g/mol. The summed E-state index contributed by atoms with van der Waals surface area (Å²) in [7, 11) is 0. The second kappa shape index (κ2) is 4.81. The van der Waals surface area contributed by atoms with Crippen molar-refractivity contribution in [1.29, 1.82) is 5.26 Å². The fourth-order valence-corrected chi connectivity index (χ4v) is 2.47. The molecule has 2 rings (SSSR count). The zero-order valence-corrected chi connectivity index (χ0v) is 11.4. The minimum absolute atomic E-state index is 0.671. The number of benzene rings is 1. The van der Waals surface area contributed by atoms with Gasteiger partial charge in [-0.1, -0.05) is 12.1 Å². The van der Waals surface area contributed by atoms with Gasteiger partial charge in [-0.05, 0) is 49.6 Å². The maximum absolute atomic E-state index is 8.68. The standard InChI is InChI=1S/C11H7Br2N3/c12-10-5-11(13)16(15-10)7-9-3-1-8(6-14)2-4-9/h1-5H,7H2. The lowest BCUT2D eigenvalue weighted by molar-refractivity contribution is 0.667. The summed E-state index contributed by atoms with van der Waals surface area (Å²) in [6, 6.07) is 11.5.